The molecular weight excluding hydrogens is 202 g/mol. The molecule has 1 aliphatic rings. The maximum Gasteiger partial charge on any atom is 0.132 e. The standard InChI is InChI=1S/C13H25NO2/c1-11(10-14)7-8-12(15)4-2-5-13-6-3-9-16-13/h11,13H,2-10,14H2,1H3. The summed E-state index contributed by atoms with van der Waals surface area (Å²) in [6.07, 6.45) is 7.19. The predicted molar refractivity (Wildman–Crippen MR) is 65.3 cm³/mol. The van der Waals surface area contributed by atoms with Gasteiger partial charge in [0.1, 0.15) is 5.78 Å². The molecule has 1 heterocycles. The number of carbonyl (C=O) groups is 1. The highest BCUT2D eigenvalue weighted by Gasteiger charge is 2.15. The first-order valence-corrected chi connectivity index (χ1v) is 6.55. The molecule has 2 unspecified atom stereocenters. The molecule has 3 nitrogen and oxygen atoms in total. The number of ether oxygens (including phenoxy) is 1. The highest BCUT2D eigenvalue weighted by Crippen LogP contribution is 2.18. The van der Waals surface area contributed by atoms with Crippen LogP contribution in [0.2, 0.25) is 0 Å². The number of nitrogens with two attached hydrogens (primary N) is 1. The smallest absolute Gasteiger partial charge is 0.132 e. The topological polar surface area (TPSA) is 52.3 Å². The van der Waals surface area contributed by atoms with E-state index >= 15 is 0 Å². The van der Waals surface area contributed by atoms with Gasteiger partial charge in [0, 0.05) is 19.4 Å². The first-order valence-electron chi connectivity index (χ1n) is 6.55. The van der Waals surface area contributed by atoms with Gasteiger partial charge in [0.2, 0.25) is 0 Å². The van der Waals surface area contributed by atoms with E-state index in [0.717, 1.165) is 32.3 Å². The second-order valence-corrected chi connectivity index (χ2v) is 4.95. The summed E-state index contributed by atoms with van der Waals surface area (Å²) >= 11 is 0. The van der Waals surface area contributed by atoms with Crippen LogP contribution in [0.1, 0.15) is 51.9 Å². The highest BCUT2D eigenvalue weighted by atomic mass is 16.5. The molecule has 16 heavy (non-hydrogen) atoms. The Morgan fingerprint density at radius 2 is 2.31 bits per heavy atom. The summed E-state index contributed by atoms with van der Waals surface area (Å²) in [5.41, 5.74) is 5.51. The van der Waals surface area contributed by atoms with E-state index in [1.54, 1.807) is 0 Å². The van der Waals surface area contributed by atoms with Gasteiger partial charge < -0.3 is 10.5 Å². The summed E-state index contributed by atoms with van der Waals surface area (Å²) < 4.78 is 5.52. The lowest BCUT2D eigenvalue weighted by molar-refractivity contribution is -0.119. The minimum atomic E-state index is 0.387. The Labute approximate surface area is 98.7 Å². The Morgan fingerprint density at radius 3 is 2.94 bits per heavy atom. The summed E-state index contributed by atoms with van der Waals surface area (Å²) in [5, 5.41) is 0. The van der Waals surface area contributed by atoms with Crippen LogP contribution in [0.25, 0.3) is 0 Å². The average molecular weight is 227 g/mol. The molecule has 0 aromatic rings. The van der Waals surface area contributed by atoms with E-state index in [4.69, 9.17) is 10.5 Å². The fourth-order valence-electron chi connectivity index (χ4n) is 2.05. The van der Waals surface area contributed by atoms with E-state index in [1.165, 1.54) is 12.8 Å². The minimum absolute atomic E-state index is 0.387. The van der Waals surface area contributed by atoms with Crippen molar-refractivity contribution >= 4 is 5.78 Å². The van der Waals surface area contributed by atoms with Crippen molar-refractivity contribution in [1.29, 1.82) is 0 Å². The summed E-state index contributed by atoms with van der Waals surface area (Å²) in [5.74, 6) is 0.861. The maximum atomic E-state index is 11.6. The number of Topliss-reactive ketones (excluding diaryl/α,β-unsaturated/α-hetero) is 1. The van der Waals surface area contributed by atoms with Crippen LogP contribution in [0.5, 0.6) is 0 Å². The molecule has 2 atom stereocenters. The van der Waals surface area contributed by atoms with E-state index in [2.05, 4.69) is 6.92 Å². The zero-order valence-corrected chi connectivity index (χ0v) is 10.4. The lowest BCUT2D eigenvalue weighted by Gasteiger charge is -2.09. The van der Waals surface area contributed by atoms with Crippen molar-refractivity contribution in [2.24, 2.45) is 11.7 Å². The Hall–Kier alpha value is -0.410. The quantitative estimate of drug-likeness (QED) is 0.692. The third-order valence-electron chi connectivity index (χ3n) is 3.32. The lowest BCUT2D eigenvalue weighted by atomic mass is 10.0. The number of hydrogen-bond donors (Lipinski definition) is 1. The van der Waals surface area contributed by atoms with Gasteiger partial charge in [0.05, 0.1) is 6.10 Å². The van der Waals surface area contributed by atoms with Gasteiger partial charge in [-0.25, -0.2) is 0 Å². The summed E-state index contributed by atoms with van der Waals surface area (Å²) in [6, 6.07) is 0. The molecule has 94 valence electrons. The van der Waals surface area contributed by atoms with Gasteiger partial charge >= 0.3 is 0 Å². The van der Waals surface area contributed by atoms with Gasteiger partial charge in [-0.15, -0.1) is 0 Å². The molecule has 1 aliphatic heterocycles. The van der Waals surface area contributed by atoms with Crippen LogP contribution in [0.4, 0.5) is 0 Å². The van der Waals surface area contributed by atoms with Gasteiger partial charge in [-0.05, 0) is 44.6 Å². The molecule has 0 aromatic heterocycles. The summed E-state index contributed by atoms with van der Waals surface area (Å²) in [6.45, 7) is 3.69. The SMILES string of the molecule is CC(CN)CCC(=O)CCCC1CCCO1. The van der Waals surface area contributed by atoms with Crippen molar-refractivity contribution in [2.45, 2.75) is 58.0 Å². The summed E-state index contributed by atoms with van der Waals surface area (Å²) in [7, 11) is 0. The lowest BCUT2D eigenvalue weighted by Crippen LogP contribution is -2.12. The molecule has 0 aromatic carbocycles. The van der Waals surface area contributed by atoms with Crippen molar-refractivity contribution in [3.8, 4) is 0 Å². The molecule has 0 bridgehead atoms. The molecule has 0 saturated carbocycles. The number of ketones is 1. The Morgan fingerprint density at radius 1 is 1.50 bits per heavy atom. The van der Waals surface area contributed by atoms with Crippen LogP contribution < -0.4 is 5.73 Å². The second kappa shape index (κ2) is 7.80. The molecule has 2 N–H and O–H groups in total. The minimum Gasteiger partial charge on any atom is -0.378 e. The molecule has 1 saturated heterocycles. The molecule has 1 rings (SSSR count). The van der Waals surface area contributed by atoms with Gasteiger partial charge in [-0.3, -0.25) is 4.79 Å². The van der Waals surface area contributed by atoms with E-state index < -0.39 is 0 Å². The zero-order valence-electron chi connectivity index (χ0n) is 10.4. The molecule has 0 amide bonds. The number of carbonyl (C=O) groups excluding carboxylic acids is 1. The zero-order chi connectivity index (χ0) is 11.8. The second-order valence-electron chi connectivity index (χ2n) is 4.95. The first-order chi connectivity index (χ1) is 7.72. The fraction of sp³-hybridized carbons (Fsp3) is 0.923. The van der Waals surface area contributed by atoms with Gasteiger partial charge in [-0.1, -0.05) is 6.92 Å². The van der Waals surface area contributed by atoms with Crippen molar-refractivity contribution in [3.05, 3.63) is 0 Å². The maximum absolute atomic E-state index is 11.6. The number of rotatable bonds is 8. The van der Waals surface area contributed by atoms with Crippen molar-refractivity contribution in [2.75, 3.05) is 13.2 Å². The molecule has 0 spiro atoms. The first kappa shape index (κ1) is 13.7. The van der Waals surface area contributed by atoms with Crippen LogP contribution in [0.3, 0.4) is 0 Å². The molecule has 0 aliphatic carbocycles. The summed E-state index contributed by atoms with van der Waals surface area (Å²) in [4.78, 5) is 11.6. The monoisotopic (exact) mass is 227 g/mol. The van der Waals surface area contributed by atoms with Crippen LogP contribution in [0, 0.1) is 5.92 Å². The average Bonchev–Trinajstić information content (AvgIpc) is 2.79. The van der Waals surface area contributed by atoms with Gasteiger partial charge in [-0.2, -0.15) is 0 Å². The Kier molecular flexibility index (Phi) is 6.65. The van der Waals surface area contributed by atoms with E-state index in [-0.39, 0.29) is 0 Å². The molecule has 3 heteroatoms. The van der Waals surface area contributed by atoms with Gasteiger partial charge in [0.25, 0.3) is 0 Å². The molecular formula is C13H25NO2. The normalized spacial score (nSPS) is 22.2. The van der Waals surface area contributed by atoms with Crippen LogP contribution in [-0.4, -0.2) is 25.0 Å². The Balaban J connectivity index is 1.97. The van der Waals surface area contributed by atoms with Crippen LogP contribution >= 0.6 is 0 Å². The third-order valence-corrected chi connectivity index (χ3v) is 3.32. The van der Waals surface area contributed by atoms with E-state index in [0.29, 0.717) is 30.8 Å². The van der Waals surface area contributed by atoms with Crippen molar-refractivity contribution < 1.29 is 9.53 Å². The van der Waals surface area contributed by atoms with Crippen molar-refractivity contribution in [3.63, 3.8) is 0 Å². The highest BCUT2D eigenvalue weighted by molar-refractivity contribution is 5.78. The van der Waals surface area contributed by atoms with Crippen LogP contribution in [0.15, 0.2) is 0 Å². The molecule has 1 fully saturated rings. The number of hydrogen-bond acceptors (Lipinski definition) is 3. The third kappa shape index (κ3) is 5.61. The van der Waals surface area contributed by atoms with Crippen molar-refractivity contribution in [1.82, 2.24) is 0 Å². The van der Waals surface area contributed by atoms with E-state index in [9.17, 15) is 4.79 Å². The largest absolute Gasteiger partial charge is 0.378 e. The van der Waals surface area contributed by atoms with Gasteiger partial charge in [0.15, 0.2) is 0 Å². The van der Waals surface area contributed by atoms with Crippen LogP contribution in [-0.2, 0) is 9.53 Å². The molecule has 0 radical (unpaired) electrons. The van der Waals surface area contributed by atoms with E-state index in [1.807, 2.05) is 0 Å². The fourth-order valence-corrected chi connectivity index (χ4v) is 2.05. The Bertz CT molecular complexity index is 200. The predicted octanol–water partition coefficient (Wildman–Crippen LogP) is 2.28.